The third-order valence-corrected chi connectivity index (χ3v) is 4.02. The Morgan fingerprint density at radius 2 is 2.29 bits per heavy atom. The van der Waals surface area contributed by atoms with Crippen molar-refractivity contribution in [3.05, 3.63) is 11.5 Å². The lowest BCUT2D eigenvalue weighted by Gasteiger charge is -2.07. The van der Waals surface area contributed by atoms with E-state index in [-0.39, 0.29) is 0 Å². The van der Waals surface area contributed by atoms with Crippen LogP contribution in [-0.4, -0.2) is 34.5 Å². The van der Waals surface area contributed by atoms with Crippen molar-refractivity contribution in [2.45, 2.75) is 31.9 Å². The summed E-state index contributed by atoms with van der Waals surface area (Å²) in [5.74, 6) is 0.662. The maximum Gasteiger partial charge on any atom is 0.0527 e. The summed E-state index contributed by atoms with van der Waals surface area (Å²) < 4.78 is 11.8. The Morgan fingerprint density at radius 3 is 2.79 bits per heavy atom. The first-order valence-electron chi connectivity index (χ1n) is 5.34. The summed E-state index contributed by atoms with van der Waals surface area (Å²) in [6, 6.07) is 0. The Labute approximate surface area is 89.8 Å². The lowest BCUT2D eigenvalue weighted by molar-refractivity contribution is 0.418. The van der Waals surface area contributed by atoms with Crippen molar-refractivity contribution in [1.29, 1.82) is 0 Å². The number of hydrogen-bond donors (Lipinski definition) is 0. The molecule has 3 heteroatoms. The van der Waals surface area contributed by atoms with Crippen LogP contribution in [-0.2, 0) is 10.8 Å². The highest BCUT2D eigenvalue weighted by Crippen LogP contribution is 2.14. The van der Waals surface area contributed by atoms with Gasteiger partial charge in [0.25, 0.3) is 0 Å². The molecule has 0 saturated carbocycles. The van der Waals surface area contributed by atoms with E-state index in [0.29, 0.717) is 11.2 Å². The number of rotatable bonds is 4. The van der Waals surface area contributed by atoms with Crippen LogP contribution in [0, 0.1) is 5.92 Å². The fraction of sp³-hybridized carbons (Fsp3) is 0.818. The van der Waals surface area contributed by atoms with Crippen LogP contribution >= 0.6 is 0 Å². The smallest absolute Gasteiger partial charge is 0.0527 e. The number of likely N-dealkylation sites (tertiary alicyclic amines) is 1. The molecule has 1 aliphatic heterocycles. The average molecular weight is 215 g/mol. The minimum atomic E-state index is -0.755. The summed E-state index contributed by atoms with van der Waals surface area (Å²) in [4.78, 5) is 2.25. The topological polar surface area (TPSA) is 20.3 Å². The van der Waals surface area contributed by atoms with E-state index in [9.17, 15) is 4.21 Å². The molecule has 2 atom stereocenters. The summed E-state index contributed by atoms with van der Waals surface area (Å²) >= 11 is 0. The highest BCUT2D eigenvalue weighted by atomic mass is 32.2. The molecular formula is C11H21NOS. The zero-order chi connectivity index (χ0) is 10.6. The maximum absolute atomic E-state index is 11.8. The highest BCUT2D eigenvalue weighted by molar-refractivity contribution is 7.88. The summed E-state index contributed by atoms with van der Waals surface area (Å²) in [6.45, 7) is 6.43. The minimum absolute atomic E-state index is 0.364. The zero-order valence-electron chi connectivity index (χ0n) is 9.40. The minimum Gasteiger partial charge on any atom is -0.305 e. The van der Waals surface area contributed by atoms with E-state index in [1.807, 2.05) is 5.41 Å². The van der Waals surface area contributed by atoms with Gasteiger partial charge in [-0.25, -0.2) is 0 Å². The molecule has 0 aromatic carbocycles. The molecular weight excluding hydrogens is 194 g/mol. The Kier molecular flexibility index (Phi) is 4.82. The van der Waals surface area contributed by atoms with Crippen LogP contribution in [0.25, 0.3) is 0 Å². The van der Waals surface area contributed by atoms with Gasteiger partial charge in [-0.05, 0) is 37.8 Å². The third-order valence-electron chi connectivity index (χ3n) is 2.51. The fourth-order valence-corrected chi connectivity index (χ4v) is 2.88. The largest absolute Gasteiger partial charge is 0.305 e. The second-order valence-electron chi connectivity index (χ2n) is 4.50. The van der Waals surface area contributed by atoms with E-state index in [1.165, 1.54) is 0 Å². The molecule has 1 aliphatic rings. The molecule has 0 amide bonds. The second-order valence-corrected chi connectivity index (χ2v) is 6.10. The van der Waals surface area contributed by atoms with E-state index in [4.69, 9.17) is 0 Å². The van der Waals surface area contributed by atoms with Crippen molar-refractivity contribution in [2.75, 3.05) is 20.1 Å². The van der Waals surface area contributed by atoms with Crippen LogP contribution in [0.5, 0.6) is 0 Å². The molecule has 1 saturated heterocycles. The molecule has 0 radical (unpaired) electrons. The Morgan fingerprint density at radius 1 is 1.57 bits per heavy atom. The van der Waals surface area contributed by atoms with Crippen LogP contribution in [0.15, 0.2) is 11.5 Å². The summed E-state index contributed by atoms with van der Waals surface area (Å²) in [6.07, 6.45) is 4.18. The zero-order valence-corrected chi connectivity index (χ0v) is 10.2. The van der Waals surface area contributed by atoms with E-state index in [1.54, 1.807) is 0 Å². The highest BCUT2D eigenvalue weighted by Gasteiger charge is 2.23. The van der Waals surface area contributed by atoms with Crippen LogP contribution in [0.4, 0.5) is 0 Å². The number of allylic oxidation sites excluding steroid dienone is 1. The van der Waals surface area contributed by atoms with Crippen LogP contribution in [0.1, 0.15) is 26.7 Å². The predicted octanol–water partition coefficient (Wildman–Crippen LogP) is 2.00. The SMILES string of the molecule is CC(C)C/C=C\S(=O)C1CCN(C)C1. The Balaban J connectivity index is 2.31. The fourth-order valence-electron chi connectivity index (χ4n) is 1.62. The van der Waals surface area contributed by atoms with E-state index in [2.05, 4.69) is 31.9 Å². The molecule has 0 aromatic rings. The molecule has 0 bridgehead atoms. The molecule has 0 aliphatic carbocycles. The van der Waals surface area contributed by atoms with E-state index < -0.39 is 10.8 Å². The van der Waals surface area contributed by atoms with Gasteiger partial charge in [-0.3, -0.25) is 4.21 Å². The van der Waals surface area contributed by atoms with Crippen LogP contribution in [0.3, 0.4) is 0 Å². The number of hydrogen-bond acceptors (Lipinski definition) is 2. The average Bonchev–Trinajstić information content (AvgIpc) is 2.51. The molecule has 0 N–H and O–H groups in total. The van der Waals surface area contributed by atoms with Crippen LogP contribution < -0.4 is 0 Å². The first-order chi connectivity index (χ1) is 6.59. The van der Waals surface area contributed by atoms with Gasteiger partial charge < -0.3 is 4.90 Å². The summed E-state index contributed by atoms with van der Waals surface area (Å²) in [5.41, 5.74) is 0. The number of nitrogens with zero attached hydrogens (tertiary/aromatic N) is 1. The van der Waals surface area contributed by atoms with E-state index >= 15 is 0 Å². The molecule has 1 fully saturated rings. The van der Waals surface area contributed by atoms with Crippen molar-refractivity contribution in [1.82, 2.24) is 4.90 Å². The molecule has 0 spiro atoms. The summed E-state index contributed by atoms with van der Waals surface area (Å²) in [7, 11) is 1.34. The standard InChI is InChI=1S/C11H21NOS/c1-10(2)5-4-8-14(13)11-6-7-12(3)9-11/h4,8,10-11H,5-7,9H2,1-3H3/b8-4-. The molecule has 14 heavy (non-hydrogen) atoms. The van der Waals surface area contributed by atoms with Gasteiger partial charge in [0.1, 0.15) is 0 Å². The Bertz CT molecular complexity index is 225. The van der Waals surface area contributed by atoms with Gasteiger partial charge >= 0.3 is 0 Å². The second kappa shape index (κ2) is 5.66. The first-order valence-corrected chi connectivity index (χ1v) is 6.61. The summed E-state index contributed by atoms with van der Waals surface area (Å²) in [5, 5.41) is 2.26. The Hall–Kier alpha value is -0.150. The molecule has 82 valence electrons. The van der Waals surface area contributed by atoms with Crippen molar-refractivity contribution in [3.8, 4) is 0 Å². The van der Waals surface area contributed by atoms with Crippen molar-refractivity contribution in [3.63, 3.8) is 0 Å². The predicted molar refractivity (Wildman–Crippen MR) is 62.6 cm³/mol. The lowest BCUT2D eigenvalue weighted by Crippen LogP contribution is -2.19. The molecule has 0 aromatic heterocycles. The molecule has 1 heterocycles. The van der Waals surface area contributed by atoms with Gasteiger partial charge in [0.15, 0.2) is 0 Å². The van der Waals surface area contributed by atoms with Crippen LogP contribution in [0.2, 0.25) is 0 Å². The lowest BCUT2D eigenvalue weighted by atomic mass is 10.1. The van der Waals surface area contributed by atoms with Gasteiger partial charge in [0, 0.05) is 17.3 Å². The van der Waals surface area contributed by atoms with Crippen molar-refractivity contribution >= 4 is 10.8 Å². The monoisotopic (exact) mass is 215 g/mol. The maximum atomic E-state index is 11.8. The van der Waals surface area contributed by atoms with Crippen molar-refractivity contribution in [2.24, 2.45) is 5.92 Å². The first kappa shape index (κ1) is 11.9. The van der Waals surface area contributed by atoms with Gasteiger partial charge in [0.05, 0.1) is 5.25 Å². The molecule has 2 unspecified atom stereocenters. The van der Waals surface area contributed by atoms with Gasteiger partial charge in [-0.1, -0.05) is 19.9 Å². The normalized spacial score (nSPS) is 26.4. The van der Waals surface area contributed by atoms with Gasteiger partial charge in [0.2, 0.25) is 0 Å². The van der Waals surface area contributed by atoms with E-state index in [0.717, 1.165) is 25.9 Å². The van der Waals surface area contributed by atoms with Gasteiger partial charge in [-0.15, -0.1) is 0 Å². The molecule has 1 rings (SSSR count). The van der Waals surface area contributed by atoms with Crippen molar-refractivity contribution < 1.29 is 4.21 Å². The van der Waals surface area contributed by atoms with Gasteiger partial charge in [-0.2, -0.15) is 0 Å². The molecule has 2 nitrogen and oxygen atoms in total. The quantitative estimate of drug-likeness (QED) is 0.715. The third kappa shape index (κ3) is 3.93.